The van der Waals surface area contributed by atoms with E-state index in [1.807, 2.05) is 16.3 Å². The Hall–Kier alpha value is -0.140. The van der Waals surface area contributed by atoms with E-state index < -0.39 is 0 Å². The number of amides is 1. The molecule has 2 N–H and O–H groups in total. The molecule has 2 rings (SSSR count). The zero-order chi connectivity index (χ0) is 13.1. The van der Waals surface area contributed by atoms with Crippen molar-refractivity contribution < 1.29 is 4.79 Å². The van der Waals surface area contributed by atoms with Crippen LogP contribution < -0.4 is 5.73 Å². The number of likely N-dealkylation sites (tertiary alicyclic amines) is 1. The molecule has 0 aromatic carbocycles. The van der Waals surface area contributed by atoms with Crippen LogP contribution in [0.5, 0.6) is 0 Å². The molecule has 1 aliphatic heterocycles. The van der Waals surface area contributed by atoms with Crippen LogP contribution in [-0.4, -0.2) is 29.9 Å². The summed E-state index contributed by atoms with van der Waals surface area (Å²) in [6.45, 7) is 3.64. The monoisotopic (exact) mass is 378 g/mol. The lowest BCUT2D eigenvalue weighted by molar-refractivity contribution is 0.0559. The topological polar surface area (TPSA) is 46.3 Å². The van der Waals surface area contributed by atoms with Gasteiger partial charge in [-0.3, -0.25) is 4.79 Å². The highest BCUT2D eigenvalue weighted by Crippen LogP contribution is 2.27. The second kappa shape index (κ2) is 6.34. The van der Waals surface area contributed by atoms with E-state index in [4.69, 9.17) is 5.73 Å². The Morgan fingerprint density at radius 2 is 2.44 bits per heavy atom. The van der Waals surface area contributed by atoms with Gasteiger partial charge in [0.05, 0.1) is 8.45 Å². The van der Waals surface area contributed by atoms with Gasteiger partial charge in [0, 0.05) is 24.5 Å². The number of nitrogens with zero attached hydrogens (tertiary/aromatic N) is 1. The molecule has 1 aliphatic rings. The molecule has 1 amide bonds. The van der Waals surface area contributed by atoms with Crippen molar-refractivity contribution in [3.05, 3.63) is 19.9 Å². The molecule has 5 heteroatoms. The number of carbonyl (C=O) groups is 1. The van der Waals surface area contributed by atoms with Gasteiger partial charge < -0.3 is 10.6 Å². The molecule has 0 bridgehead atoms. The number of nitrogens with two attached hydrogens (primary N) is 1. The minimum absolute atomic E-state index is 0.152. The molecule has 1 aromatic rings. The molecule has 2 atom stereocenters. The number of thiophene rings is 1. The minimum atomic E-state index is 0.152. The largest absolute Gasteiger partial charge is 0.334 e. The van der Waals surface area contributed by atoms with Crippen LogP contribution in [0.15, 0.2) is 11.4 Å². The van der Waals surface area contributed by atoms with Gasteiger partial charge in [-0.05, 0) is 47.4 Å². The fourth-order valence-corrected chi connectivity index (χ4v) is 3.90. The van der Waals surface area contributed by atoms with Crippen LogP contribution in [0.2, 0.25) is 0 Å². The highest BCUT2D eigenvalue weighted by molar-refractivity contribution is 14.1. The van der Waals surface area contributed by atoms with Crippen molar-refractivity contribution in [2.24, 2.45) is 11.7 Å². The average molecular weight is 378 g/mol. The first-order chi connectivity index (χ1) is 8.65. The van der Waals surface area contributed by atoms with Gasteiger partial charge in [-0.2, -0.15) is 0 Å². The van der Waals surface area contributed by atoms with Crippen LogP contribution in [0.3, 0.4) is 0 Å². The molecular weight excluding hydrogens is 359 g/mol. The van der Waals surface area contributed by atoms with Crippen molar-refractivity contribution in [3.63, 3.8) is 0 Å². The summed E-state index contributed by atoms with van der Waals surface area (Å²) >= 11 is 3.87. The van der Waals surface area contributed by atoms with E-state index in [2.05, 4.69) is 29.5 Å². The number of rotatable bonds is 3. The van der Waals surface area contributed by atoms with Crippen molar-refractivity contribution in [2.75, 3.05) is 13.1 Å². The lowest BCUT2D eigenvalue weighted by atomic mass is 9.88. The molecule has 2 unspecified atom stereocenters. The van der Waals surface area contributed by atoms with Crippen molar-refractivity contribution in [1.29, 1.82) is 0 Å². The Bertz CT molecular complexity index is 421. The van der Waals surface area contributed by atoms with Gasteiger partial charge in [-0.15, -0.1) is 11.3 Å². The standard InChI is InChI=1S/C13H19IN2OS/c1-2-9-3-4-16(11(5-9)7-15)13(17)10-6-12(14)18-8-10/h6,8-9,11H,2-5,7,15H2,1H3. The van der Waals surface area contributed by atoms with Crippen LogP contribution in [-0.2, 0) is 0 Å². The second-order valence-electron chi connectivity index (χ2n) is 4.83. The summed E-state index contributed by atoms with van der Waals surface area (Å²) in [5.74, 6) is 0.879. The van der Waals surface area contributed by atoms with E-state index in [0.29, 0.717) is 6.54 Å². The zero-order valence-corrected chi connectivity index (χ0v) is 13.5. The Balaban J connectivity index is 2.10. The summed E-state index contributed by atoms with van der Waals surface area (Å²) in [7, 11) is 0. The Morgan fingerprint density at radius 1 is 1.67 bits per heavy atom. The maximum absolute atomic E-state index is 12.5. The first kappa shape index (κ1) is 14.3. The summed E-state index contributed by atoms with van der Waals surface area (Å²) in [6.07, 6.45) is 3.36. The van der Waals surface area contributed by atoms with E-state index in [-0.39, 0.29) is 11.9 Å². The smallest absolute Gasteiger partial charge is 0.255 e. The maximum atomic E-state index is 12.5. The molecular formula is C13H19IN2OS. The van der Waals surface area contributed by atoms with Crippen LogP contribution in [0.1, 0.15) is 36.5 Å². The predicted octanol–water partition coefficient (Wildman–Crippen LogP) is 2.94. The van der Waals surface area contributed by atoms with Crippen LogP contribution >= 0.6 is 33.9 Å². The average Bonchev–Trinajstić information content (AvgIpc) is 2.83. The SMILES string of the molecule is CCC1CCN(C(=O)c2csc(I)c2)C(CN)C1. The van der Waals surface area contributed by atoms with Crippen molar-refractivity contribution in [2.45, 2.75) is 32.2 Å². The number of piperidine rings is 1. The molecule has 3 nitrogen and oxygen atoms in total. The molecule has 2 heterocycles. The second-order valence-corrected chi connectivity index (χ2v) is 7.63. The number of hydrogen-bond acceptors (Lipinski definition) is 3. The van der Waals surface area contributed by atoms with Crippen molar-refractivity contribution in [3.8, 4) is 0 Å². The number of hydrogen-bond donors (Lipinski definition) is 1. The Kier molecular flexibility index (Phi) is 5.03. The van der Waals surface area contributed by atoms with Crippen LogP contribution in [0.4, 0.5) is 0 Å². The van der Waals surface area contributed by atoms with E-state index >= 15 is 0 Å². The molecule has 0 saturated carbocycles. The summed E-state index contributed by atoms with van der Waals surface area (Å²) < 4.78 is 1.16. The van der Waals surface area contributed by atoms with E-state index in [1.54, 1.807) is 11.3 Å². The van der Waals surface area contributed by atoms with Crippen molar-refractivity contribution in [1.82, 2.24) is 4.90 Å². The molecule has 18 heavy (non-hydrogen) atoms. The molecule has 0 aliphatic carbocycles. The summed E-state index contributed by atoms with van der Waals surface area (Å²) in [5.41, 5.74) is 6.66. The van der Waals surface area contributed by atoms with Crippen LogP contribution in [0, 0.1) is 8.80 Å². The first-order valence-electron chi connectivity index (χ1n) is 6.40. The molecule has 0 radical (unpaired) electrons. The number of carbonyl (C=O) groups excluding carboxylic acids is 1. The number of halogens is 1. The van der Waals surface area contributed by atoms with E-state index in [9.17, 15) is 4.79 Å². The Morgan fingerprint density at radius 3 is 3.00 bits per heavy atom. The molecule has 0 spiro atoms. The maximum Gasteiger partial charge on any atom is 0.255 e. The third-order valence-corrected chi connectivity index (χ3v) is 5.54. The summed E-state index contributed by atoms with van der Waals surface area (Å²) in [4.78, 5) is 14.4. The van der Waals surface area contributed by atoms with Gasteiger partial charge >= 0.3 is 0 Å². The highest BCUT2D eigenvalue weighted by atomic mass is 127. The fraction of sp³-hybridized carbons (Fsp3) is 0.615. The quantitative estimate of drug-likeness (QED) is 0.823. The molecule has 100 valence electrons. The minimum Gasteiger partial charge on any atom is -0.334 e. The van der Waals surface area contributed by atoms with Gasteiger partial charge in [-0.25, -0.2) is 0 Å². The summed E-state index contributed by atoms with van der Waals surface area (Å²) in [5, 5.41) is 1.95. The third kappa shape index (κ3) is 3.05. The highest BCUT2D eigenvalue weighted by Gasteiger charge is 2.30. The van der Waals surface area contributed by atoms with Gasteiger partial charge in [0.1, 0.15) is 0 Å². The first-order valence-corrected chi connectivity index (χ1v) is 8.36. The summed E-state index contributed by atoms with van der Waals surface area (Å²) in [6, 6.07) is 2.18. The van der Waals surface area contributed by atoms with Crippen LogP contribution in [0.25, 0.3) is 0 Å². The third-order valence-electron chi connectivity index (χ3n) is 3.75. The van der Waals surface area contributed by atoms with Gasteiger partial charge in [-0.1, -0.05) is 13.3 Å². The predicted molar refractivity (Wildman–Crippen MR) is 83.9 cm³/mol. The zero-order valence-electron chi connectivity index (χ0n) is 10.6. The Labute approximate surface area is 126 Å². The van der Waals surface area contributed by atoms with Gasteiger partial charge in [0.2, 0.25) is 0 Å². The van der Waals surface area contributed by atoms with Gasteiger partial charge in [0.15, 0.2) is 0 Å². The van der Waals surface area contributed by atoms with Crippen molar-refractivity contribution >= 4 is 39.8 Å². The normalized spacial score (nSPS) is 24.3. The van der Waals surface area contributed by atoms with Gasteiger partial charge in [0.25, 0.3) is 5.91 Å². The fourth-order valence-electron chi connectivity index (χ4n) is 2.58. The van der Waals surface area contributed by atoms with E-state index in [1.165, 1.54) is 6.42 Å². The molecule has 1 saturated heterocycles. The molecule has 1 aromatic heterocycles. The lowest BCUT2D eigenvalue weighted by Gasteiger charge is -2.38. The van der Waals surface area contributed by atoms with E-state index in [0.717, 1.165) is 33.8 Å². The lowest BCUT2D eigenvalue weighted by Crippen LogP contribution is -2.49. The molecule has 1 fully saturated rings.